The first-order chi connectivity index (χ1) is 7.00. The van der Waals surface area contributed by atoms with Gasteiger partial charge in [0.25, 0.3) is 0 Å². The summed E-state index contributed by atoms with van der Waals surface area (Å²) in [6.07, 6.45) is 6.35. The summed E-state index contributed by atoms with van der Waals surface area (Å²) in [5.74, 6) is 0.0214. The van der Waals surface area contributed by atoms with Gasteiger partial charge in [0.05, 0.1) is 10.7 Å². The summed E-state index contributed by atoms with van der Waals surface area (Å²) < 4.78 is 1.51. The number of imidazole rings is 1. The van der Waals surface area contributed by atoms with Gasteiger partial charge in [-0.2, -0.15) is 0 Å². The van der Waals surface area contributed by atoms with Crippen LogP contribution in [0.1, 0.15) is 20.3 Å². The van der Waals surface area contributed by atoms with Crippen molar-refractivity contribution in [2.75, 3.05) is 6.54 Å². The maximum Gasteiger partial charge on any atom is 0.236 e. The molecule has 1 aromatic heterocycles. The molecule has 0 saturated heterocycles. The van der Waals surface area contributed by atoms with E-state index in [1.165, 1.54) is 0 Å². The van der Waals surface area contributed by atoms with Crippen molar-refractivity contribution in [1.29, 1.82) is 0 Å². The Hall–Kier alpha value is -0.840. The van der Waals surface area contributed by atoms with Crippen molar-refractivity contribution in [1.82, 2.24) is 14.9 Å². The molecule has 5 heteroatoms. The lowest BCUT2D eigenvalue weighted by Crippen LogP contribution is -2.38. The smallest absolute Gasteiger partial charge is 0.236 e. The number of nitrogens with one attached hydrogen (secondary N) is 1. The van der Waals surface area contributed by atoms with Crippen molar-refractivity contribution >= 4 is 21.8 Å². The predicted molar refractivity (Wildman–Crippen MR) is 62.9 cm³/mol. The molecule has 0 aliphatic carbocycles. The molecule has 0 saturated carbocycles. The van der Waals surface area contributed by atoms with Crippen molar-refractivity contribution in [2.45, 2.75) is 31.1 Å². The number of carbonyl (C=O) groups excluding carboxylic acids is 1. The van der Waals surface area contributed by atoms with Gasteiger partial charge in [-0.1, -0.05) is 15.9 Å². The van der Waals surface area contributed by atoms with Crippen molar-refractivity contribution in [3.8, 4) is 0 Å². The van der Waals surface area contributed by atoms with E-state index in [-0.39, 0.29) is 5.91 Å². The third-order valence-corrected chi connectivity index (χ3v) is 2.34. The van der Waals surface area contributed by atoms with E-state index < -0.39 is 4.32 Å². The van der Waals surface area contributed by atoms with Crippen LogP contribution in [0.5, 0.6) is 0 Å². The Kier molecular flexibility index (Phi) is 4.32. The van der Waals surface area contributed by atoms with Crippen LogP contribution in [-0.4, -0.2) is 26.3 Å². The molecule has 1 rings (SSSR count). The standard InChI is InChI=1S/C10H16BrN3O/c1-10(2,11)9(15)13-4-3-6-14-7-5-12-8-14/h5,7-8H,3-4,6H2,1-2H3,(H,13,15). The van der Waals surface area contributed by atoms with Crippen LogP contribution in [0, 0.1) is 0 Å². The molecule has 0 fully saturated rings. The third kappa shape index (κ3) is 4.46. The summed E-state index contributed by atoms with van der Waals surface area (Å²) in [7, 11) is 0. The molecule has 1 aromatic rings. The molecule has 0 radical (unpaired) electrons. The number of halogens is 1. The lowest BCUT2D eigenvalue weighted by Gasteiger charge is -2.15. The maximum absolute atomic E-state index is 11.4. The average molecular weight is 274 g/mol. The topological polar surface area (TPSA) is 46.9 Å². The number of rotatable bonds is 5. The van der Waals surface area contributed by atoms with Gasteiger partial charge >= 0.3 is 0 Å². The summed E-state index contributed by atoms with van der Waals surface area (Å²) >= 11 is 3.31. The van der Waals surface area contributed by atoms with Crippen LogP contribution in [0.4, 0.5) is 0 Å². The van der Waals surface area contributed by atoms with Gasteiger partial charge in [0.15, 0.2) is 0 Å². The Labute approximate surface area is 98.2 Å². The predicted octanol–water partition coefficient (Wildman–Crippen LogP) is 1.56. The monoisotopic (exact) mass is 273 g/mol. The van der Waals surface area contributed by atoms with Crippen molar-refractivity contribution in [3.63, 3.8) is 0 Å². The number of hydrogen-bond acceptors (Lipinski definition) is 2. The van der Waals surface area contributed by atoms with E-state index in [1.807, 2.05) is 24.6 Å². The Morgan fingerprint density at radius 2 is 2.33 bits per heavy atom. The van der Waals surface area contributed by atoms with Gasteiger partial charge in [0.1, 0.15) is 0 Å². The van der Waals surface area contributed by atoms with Crippen molar-refractivity contribution in [3.05, 3.63) is 18.7 Å². The number of hydrogen-bond donors (Lipinski definition) is 1. The molecular weight excluding hydrogens is 258 g/mol. The minimum atomic E-state index is -0.484. The number of amides is 1. The van der Waals surface area contributed by atoms with Crippen LogP contribution in [0.2, 0.25) is 0 Å². The molecule has 0 bridgehead atoms. The number of alkyl halides is 1. The van der Waals surface area contributed by atoms with Crippen molar-refractivity contribution in [2.24, 2.45) is 0 Å². The number of aromatic nitrogens is 2. The first-order valence-corrected chi connectivity index (χ1v) is 5.72. The second kappa shape index (κ2) is 5.30. The fourth-order valence-corrected chi connectivity index (χ4v) is 1.23. The number of carbonyl (C=O) groups is 1. The molecule has 0 unspecified atom stereocenters. The van der Waals surface area contributed by atoms with Crippen LogP contribution in [0.25, 0.3) is 0 Å². The van der Waals surface area contributed by atoms with E-state index >= 15 is 0 Å². The molecule has 0 atom stereocenters. The molecule has 84 valence electrons. The summed E-state index contributed by atoms with van der Waals surface area (Å²) in [6, 6.07) is 0. The first-order valence-electron chi connectivity index (χ1n) is 4.93. The number of aryl methyl sites for hydroxylation is 1. The van der Waals surface area contributed by atoms with E-state index in [1.54, 1.807) is 12.5 Å². The molecule has 0 spiro atoms. The zero-order valence-electron chi connectivity index (χ0n) is 9.03. The van der Waals surface area contributed by atoms with Crippen LogP contribution in [0.3, 0.4) is 0 Å². The van der Waals surface area contributed by atoms with Crippen LogP contribution in [0.15, 0.2) is 18.7 Å². The number of nitrogens with zero attached hydrogens (tertiary/aromatic N) is 2. The van der Waals surface area contributed by atoms with Gasteiger partial charge in [-0.15, -0.1) is 0 Å². The van der Waals surface area contributed by atoms with Crippen LogP contribution < -0.4 is 5.32 Å². The fraction of sp³-hybridized carbons (Fsp3) is 0.600. The van der Waals surface area contributed by atoms with E-state index in [2.05, 4.69) is 26.2 Å². The van der Waals surface area contributed by atoms with Gasteiger partial charge in [0, 0.05) is 25.5 Å². The Balaban J connectivity index is 2.15. The van der Waals surface area contributed by atoms with Crippen molar-refractivity contribution < 1.29 is 4.79 Å². The largest absolute Gasteiger partial charge is 0.355 e. The Morgan fingerprint density at radius 3 is 2.87 bits per heavy atom. The third-order valence-electron chi connectivity index (χ3n) is 1.98. The average Bonchev–Trinajstić information content (AvgIpc) is 2.63. The second-order valence-corrected chi connectivity index (χ2v) is 5.86. The lowest BCUT2D eigenvalue weighted by molar-refractivity contribution is -0.122. The molecule has 0 aliphatic heterocycles. The summed E-state index contributed by atoms with van der Waals surface area (Å²) in [5, 5.41) is 2.87. The highest BCUT2D eigenvalue weighted by atomic mass is 79.9. The van der Waals surface area contributed by atoms with E-state index in [4.69, 9.17) is 0 Å². The second-order valence-electron chi connectivity index (χ2n) is 3.88. The van der Waals surface area contributed by atoms with Crippen LogP contribution in [-0.2, 0) is 11.3 Å². The molecule has 4 nitrogen and oxygen atoms in total. The highest BCUT2D eigenvalue weighted by molar-refractivity contribution is 9.10. The normalized spacial score (nSPS) is 11.4. The molecule has 1 N–H and O–H groups in total. The van der Waals surface area contributed by atoms with E-state index in [0.717, 1.165) is 13.0 Å². The minimum Gasteiger partial charge on any atom is -0.355 e. The molecule has 15 heavy (non-hydrogen) atoms. The van der Waals surface area contributed by atoms with E-state index in [0.29, 0.717) is 6.54 Å². The quantitative estimate of drug-likeness (QED) is 0.654. The summed E-state index contributed by atoms with van der Waals surface area (Å²) in [6.45, 7) is 5.23. The first kappa shape index (κ1) is 12.2. The summed E-state index contributed by atoms with van der Waals surface area (Å²) in [5.41, 5.74) is 0. The SMILES string of the molecule is CC(C)(Br)C(=O)NCCCn1ccnc1. The Bertz CT molecular complexity index is 303. The summed E-state index contributed by atoms with van der Waals surface area (Å²) in [4.78, 5) is 15.4. The van der Waals surface area contributed by atoms with Gasteiger partial charge in [-0.3, -0.25) is 4.79 Å². The van der Waals surface area contributed by atoms with E-state index in [9.17, 15) is 4.79 Å². The highest BCUT2D eigenvalue weighted by Crippen LogP contribution is 2.14. The molecular formula is C10H16BrN3O. The fourth-order valence-electron chi connectivity index (χ4n) is 1.09. The van der Waals surface area contributed by atoms with Crippen LogP contribution >= 0.6 is 15.9 Å². The molecule has 1 heterocycles. The van der Waals surface area contributed by atoms with Gasteiger partial charge in [-0.25, -0.2) is 4.98 Å². The zero-order chi connectivity index (χ0) is 11.3. The van der Waals surface area contributed by atoms with Gasteiger partial charge in [0.2, 0.25) is 5.91 Å². The zero-order valence-corrected chi connectivity index (χ0v) is 10.6. The maximum atomic E-state index is 11.4. The lowest BCUT2D eigenvalue weighted by atomic mass is 10.2. The molecule has 0 aromatic carbocycles. The Morgan fingerprint density at radius 1 is 1.60 bits per heavy atom. The minimum absolute atomic E-state index is 0.0214. The molecule has 0 aliphatic rings. The van der Waals surface area contributed by atoms with Gasteiger partial charge < -0.3 is 9.88 Å². The van der Waals surface area contributed by atoms with Gasteiger partial charge in [-0.05, 0) is 20.3 Å². The highest BCUT2D eigenvalue weighted by Gasteiger charge is 2.22. The molecule has 1 amide bonds.